The van der Waals surface area contributed by atoms with Crippen molar-refractivity contribution < 1.29 is 9.47 Å². The lowest BCUT2D eigenvalue weighted by Gasteiger charge is -2.22. The summed E-state index contributed by atoms with van der Waals surface area (Å²) >= 11 is 0. The van der Waals surface area contributed by atoms with Crippen LogP contribution in [-0.4, -0.2) is 66.8 Å². The molecule has 136 valence electrons. The highest BCUT2D eigenvalue weighted by Gasteiger charge is 2.13. The largest absolute Gasteiger partial charge is 0.381 e. The number of nitrogens with one attached hydrogen (secondary N) is 2. The molecule has 1 aliphatic rings. The van der Waals surface area contributed by atoms with Gasteiger partial charge in [0.15, 0.2) is 5.96 Å². The molecule has 0 amide bonds. The van der Waals surface area contributed by atoms with Crippen LogP contribution in [0, 0.1) is 0 Å². The number of guanidine groups is 1. The number of hydrogen-bond donors (Lipinski definition) is 2. The van der Waals surface area contributed by atoms with Gasteiger partial charge in [-0.1, -0.05) is 6.92 Å². The van der Waals surface area contributed by atoms with E-state index in [0.29, 0.717) is 6.10 Å². The number of aryl methyl sites for hydroxylation is 1. The molecule has 1 aromatic rings. The lowest BCUT2D eigenvalue weighted by Crippen LogP contribution is -2.39. The Hall–Kier alpha value is -1.67. The summed E-state index contributed by atoms with van der Waals surface area (Å²) in [5, 5.41) is 14.6. The molecule has 0 bridgehead atoms. The van der Waals surface area contributed by atoms with E-state index in [1.54, 1.807) is 13.4 Å². The Balaban J connectivity index is 1.53. The summed E-state index contributed by atoms with van der Waals surface area (Å²) in [5.41, 5.74) is 0. The van der Waals surface area contributed by atoms with Crippen LogP contribution >= 0.6 is 0 Å². The molecule has 0 saturated carbocycles. The van der Waals surface area contributed by atoms with Gasteiger partial charge in [0.2, 0.25) is 0 Å². The number of rotatable bonds is 9. The zero-order valence-corrected chi connectivity index (χ0v) is 14.8. The topological polar surface area (TPSA) is 85.6 Å². The third-order valence-electron chi connectivity index (χ3n) is 4.02. The average Bonchev–Trinajstić information content (AvgIpc) is 3.08. The summed E-state index contributed by atoms with van der Waals surface area (Å²) < 4.78 is 13.2. The van der Waals surface area contributed by atoms with Crippen LogP contribution in [0.25, 0.3) is 0 Å². The van der Waals surface area contributed by atoms with Crippen molar-refractivity contribution in [2.45, 2.75) is 45.3 Å². The molecule has 1 saturated heterocycles. The molecule has 8 heteroatoms. The highest BCUT2D eigenvalue weighted by molar-refractivity contribution is 5.79. The van der Waals surface area contributed by atoms with Gasteiger partial charge in [-0.2, -0.15) is 0 Å². The molecule has 0 spiro atoms. The minimum absolute atomic E-state index is 0.368. The summed E-state index contributed by atoms with van der Waals surface area (Å²) in [4.78, 5) is 4.23. The van der Waals surface area contributed by atoms with Crippen molar-refractivity contribution >= 4 is 5.96 Å². The molecule has 1 fully saturated rings. The third-order valence-corrected chi connectivity index (χ3v) is 4.02. The molecule has 2 N–H and O–H groups in total. The van der Waals surface area contributed by atoms with Gasteiger partial charge in [0.05, 0.1) is 6.10 Å². The molecule has 2 heterocycles. The van der Waals surface area contributed by atoms with E-state index in [9.17, 15) is 0 Å². The van der Waals surface area contributed by atoms with Crippen LogP contribution in [0.15, 0.2) is 11.3 Å². The Bertz CT molecular complexity index is 485. The Morgan fingerprint density at radius 2 is 2.17 bits per heavy atom. The monoisotopic (exact) mass is 338 g/mol. The quantitative estimate of drug-likeness (QED) is 0.389. The molecule has 0 radical (unpaired) electrons. The van der Waals surface area contributed by atoms with E-state index < -0.39 is 0 Å². The van der Waals surface area contributed by atoms with Gasteiger partial charge in [0.1, 0.15) is 12.2 Å². The van der Waals surface area contributed by atoms with Gasteiger partial charge in [-0.05, 0) is 19.3 Å². The van der Waals surface area contributed by atoms with Crippen LogP contribution in [-0.2, 0) is 22.4 Å². The Morgan fingerprint density at radius 1 is 1.38 bits per heavy atom. The Kier molecular flexibility index (Phi) is 8.54. The fourth-order valence-corrected chi connectivity index (χ4v) is 2.63. The molecule has 1 aromatic heterocycles. The molecule has 24 heavy (non-hydrogen) atoms. The highest BCUT2D eigenvalue weighted by atomic mass is 16.5. The van der Waals surface area contributed by atoms with Crippen molar-refractivity contribution in [2.24, 2.45) is 4.99 Å². The number of aromatic nitrogens is 3. The predicted octanol–water partition coefficient (Wildman–Crippen LogP) is 0.591. The Morgan fingerprint density at radius 3 is 2.92 bits per heavy atom. The summed E-state index contributed by atoms with van der Waals surface area (Å²) in [6, 6.07) is 0. The average molecular weight is 338 g/mol. The third kappa shape index (κ3) is 6.45. The molecule has 0 atom stereocenters. The maximum absolute atomic E-state index is 5.86. The smallest absolute Gasteiger partial charge is 0.191 e. The number of hydrogen-bond acceptors (Lipinski definition) is 5. The van der Waals surface area contributed by atoms with Crippen LogP contribution in [0.3, 0.4) is 0 Å². The maximum atomic E-state index is 5.86. The number of ether oxygens (including phenoxy) is 2. The van der Waals surface area contributed by atoms with Crippen molar-refractivity contribution in [1.82, 2.24) is 25.4 Å². The van der Waals surface area contributed by atoms with Crippen LogP contribution in [0.2, 0.25) is 0 Å². The van der Waals surface area contributed by atoms with E-state index in [0.717, 1.165) is 76.9 Å². The predicted molar refractivity (Wildman–Crippen MR) is 93.2 cm³/mol. The van der Waals surface area contributed by atoms with E-state index in [1.165, 1.54) is 0 Å². The maximum Gasteiger partial charge on any atom is 0.191 e. The van der Waals surface area contributed by atoms with Crippen molar-refractivity contribution in [3.05, 3.63) is 12.2 Å². The van der Waals surface area contributed by atoms with Crippen LogP contribution < -0.4 is 10.6 Å². The lowest BCUT2D eigenvalue weighted by atomic mass is 10.1. The van der Waals surface area contributed by atoms with E-state index in [-0.39, 0.29) is 0 Å². The number of aliphatic imine (C=N–C) groups is 1. The van der Waals surface area contributed by atoms with Gasteiger partial charge in [0, 0.05) is 52.9 Å². The van der Waals surface area contributed by atoms with E-state index in [1.807, 2.05) is 0 Å². The first-order chi connectivity index (χ1) is 11.8. The van der Waals surface area contributed by atoms with Gasteiger partial charge < -0.3 is 24.7 Å². The molecule has 8 nitrogen and oxygen atoms in total. The zero-order valence-electron chi connectivity index (χ0n) is 14.8. The summed E-state index contributed by atoms with van der Waals surface area (Å²) in [5.74, 6) is 1.82. The van der Waals surface area contributed by atoms with Crippen molar-refractivity contribution in [3.63, 3.8) is 0 Å². The second-order valence-electron chi connectivity index (χ2n) is 5.76. The van der Waals surface area contributed by atoms with Gasteiger partial charge in [0.25, 0.3) is 0 Å². The van der Waals surface area contributed by atoms with E-state index in [4.69, 9.17) is 9.47 Å². The minimum Gasteiger partial charge on any atom is -0.381 e. The molecule has 0 aliphatic carbocycles. The first-order valence-electron chi connectivity index (χ1n) is 8.84. The first kappa shape index (κ1) is 18.7. The van der Waals surface area contributed by atoms with Crippen LogP contribution in [0.4, 0.5) is 0 Å². The van der Waals surface area contributed by atoms with Gasteiger partial charge in [-0.3, -0.25) is 4.99 Å². The standard InChI is InChI=1S/C16H30N6O2/c1-3-15-21-20-13-22(15)9-8-19-16(17-2)18-7-4-10-24-14-5-11-23-12-6-14/h13-14H,3-12H2,1-2H3,(H2,17,18,19). The lowest BCUT2D eigenvalue weighted by molar-refractivity contribution is -0.0320. The van der Waals surface area contributed by atoms with Crippen LogP contribution in [0.1, 0.15) is 32.0 Å². The SMILES string of the molecule is CCc1nncn1CCNC(=NC)NCCCOC1CCOCC1. The molecule has 0 unspecified atom stereocenters. The fraction of sp³-hybridized carbons (Fsp3) is 0.812. The second-order valence-corrected chi connectivity index (χ2v) is 5.76. The molecule has 0 aromatic carbocycles. The van der Waals surface area contributed by atoms with Gasteiger partial charge in [-0.25, -0.2) is 0 Å². The van der Waals surface area contributed by atoms with Crippen LogP contribution in [0.5, 0.6) is 0 Å². The van der Waals surface area contributed by atoms with Crippen molar-refractivity contribution in [2.75, 3.05) is 40.0 Å². The molecule has 1 aliphatic heterocycles. The molecule has 2 rings (SSSR count). The molecular weight excluding hydrogens is 308 g/mol. The summed E-state index contributed by atoms with van der Waals surface area (Å²) in [6.45, 7) is 6.95. The van der Waals surface area contributed by atoms with Crippen molar-refractivity contribution in [3.8, 4) is 0 Å². The van der Waals surface area contributed by atoms with Crippen molar-refractivity contribution in [1.29, 1.82) is 0 Å². The van der Waals surface area contributed by atoms with E-state index in [2.05, 4.69) is 37.3 Å². The first-order valence-corrected chi connectivity index (χ1v) is 8.84. The second kappa shape index (κ2) is 11.0. The van der Waals surface area contributed by atoms with Gasteiger partial charge >= 0.3 is 0 Å². The fourth-order valence-electron chi connectivity index (χ4n) is 2.63. The summed E-state index contributed by atoms with van der Waals surface area (Å²) in [7, 11) is 1.78. The normalized spacial score (nSPS) is 16.3. The van der Waals surface area contributed by atoms with Gasteiger partial charge in [-0.15, -0.1) is 10.2 Å². The molecular formula is C16H30N6O2. The number of nitrogens with zero attached hydrogens (tertiary/aromatic N) is 4. The van der Waals surface area contributed by atoms with E-state index >= 15 is 0 Å². The Labute approximate surface area is 144 Å². The zero-order chi connectivity index (χ0) is 17.0. The summed E-state index contributed by atoms with van der Waals surface area (Å²) in [6.07, 6.45) is 6.01. The highest BCUT2D eigenvalue weighted by Crippen LogP contribution is 2.10. The minimum atomic E-state index is 0.368.